The van der Waals surface area contributed by atoms with Gasteiger partial charge in [-0.05, 0) is 42.8 Å². The maximum atomic E-state index is 12.9. The van der Waals surface area contributed by atoms with Crippen LogP contribution in [0.4, 0.5) is 5.69 Å². The SMILES string of the molecule is Cc1ccc(S(=O)(=O)Nc2ccccc2C(=O)NCc2ccccc2-n2ccnc2)cc1. The smallest absolute Gasteiger partial charge is 0.261 e. The molecule has 162 valence electrons. The summed E-state index contributed by atoms with van der Waals surface area (Å²) in [6.45, 7) is 2.15. The van der Waals surface area contributed by atoms with Crippen LogP contribution in [0.15, 0.2) is 96.4 Å². The molecule has 0 saturated heterocycles. The van der Waals surface area contributed by atoms with Crippen molar-refractivity contribution in [2.45, 2.75) is 18.4 Å². The van der Waals surface area contributed by atoms with Gasteiger partial charge in [0.25, 0.3) is 15.9 Å². The minimum Gasteiger partial charge on any atom is -0.348 e. The fourth-order valence-corrected chi connectivity index (χ4v) is 4.36. The molecule has 1 aromatic heterocycles. The molecule has 32 heavy (non-hydrogen) atoms. The quantitative estimate of drug-likeness (QED) is 0.450. The van der Waals surface area contributed by atoms with E-state index in [4.69, 9.17) is 0 Å². The number of imidazole rings is 1. The van der Waals surface area contributed by atoms with Crippen molar-refractivity contribution < 1.29 is 13.2 Å². The number of anilines is 1. The number of para-hydroxylation sites is 2. The predicted octanol–water partition coefficient (Wildman–Crippen LogP) is 3.91. The summed E-state index contributed by atoms with van der Waals surface area (Å²) in [7, 11) is -3.83. The van der Waals surface area contributed by atoms with Crippen LogP contribution in [0.25, 0.3) is 5.69 Å². The number of nitrogens with zero attached hydrogens (tertiary/aromatic N) is 2. The van der Waals surface area contributed by atoms with Crippen molar-refractivity contribution in [3.05, 3.63) is 108 Å². The molecule has 0 spiro atoms. The first-order chi connectivity index (χ1) is 15.4. The second-order valence-corrected chi connectivity index (χ2v) is 8.93. The Morgan fingerprint density at radius 2 is 1.69 bits per heavy atom. The number of hydrogen-bond donors (Lipinski definition) is 2. The van der Waals surface area contributed by atoms with Gasteiger partial charge < -0.3 is 9.88 Å². The van der Waals surface area contributed by atoms with Gasteiger partial charge in [-0.25, -0.2) is 13.4 Å². The standard InChI is InChI=1S/C24H22N4O3S/c1-18-10-12-20(13-11-18)32(30,31)27-22-8-4-3-7-21(22)24(29)26-16-19-6-2-5-9-23(19)28-15-14-25-17-28/h2-15,17,27H,16H2,1H3,(H,26,29). The number of aryl methyl sites for hydroxylation is 1. The third-order valence-corrected chi connectivity index (χ3v) is 6.34. The van der Waals surface area contributed by atoms with Crippen molar-refractivity contribution in [3.8, 4) is 5.69 Å². The van der Waals surface area contributed by atoms with E-state index in [0.29, 0.717) is 0 Å². The largest absolute Gasteiger partial charge is 0.348 e. The van der Waals surface area contributed by atoms with E-state index in [9.17, 15) is 13.2 Å². The van der Waals surface area contributed by atoms with Gasteiger partial charge in [-0.3, -0.25) is 9.52 Å². The number of aromatic nitrogens is 2. The van der Waals surface area contributed by atoms with E-state index in [1.165, 1.54) is 12.1 Å². The monoisotopic (exact) mass is 446 g/mol. The summed E-state index contributed by atoms with van der Waals surface area (Å²) in [5, 5.41) is 2.88. The van der Waals surface area contributed by atoms with Crippen LogP contribution in [0, 0.1) is 6.92 Å². The summed E-state index contributed by atoms with van der Waals surface area (Å²) in [5.41, 5.74) is 3.21. The second kappa shape index (κ2) is 9.07. The Labute approximate surface area is 186 Å². The van der Waals surface area contributed by atoms with Crippen molar-refractivity contribution in [2.75, 3.05) is 4.72 Å². The van der Waals surface area contributed by atoms with E-state index in [2.05, 4.69) is 15.0 Å². The Hall–Kier alpha value is -3.91. The molecule has 4 aromatic rings. The molecule has 1 heterocycles. The Balaban J connectivity index is 1.53. The average molecular weight is 447 g/mol. The van der Waals surface area contributed by atoms with E-state index in [1.54, 1.807) is 48.9 Å². The molecule has 0 bridgehead atoms. The van der Waals surface area contributed by atoms with Crippen molar-refractivity contribution in [1.82, 2.24) is 14.9 Å². The van der Waals surface area contributed by atoms with Crippen molar-refractivity contribution >= 4 is 21.6 Å². The zero-order valence-corrected chi connectivity index (χ0v) is 18.2. The van der Waals surface area contributed by atoms with Crippen LogP contribution in [0.3, 0.4) is 0 Å². The number of carbonyl (C=O) groups is 1. The lowest BCUT2D eigenvalue weighted by Gasteiger charge is -2.14. The lowest BCUT2D eigenvalue weighted by atomic mass is 10.1. The van der Waals surface area contributed by atoms with Gasteiger partial charge in [-0.1, -0.05) is 48.0 Å². The van der Waals surface area contributed by atoms with Crippen LogP contribution in [0.2, 0.25) is 0 Å². The average Bonchev–Trinajstić information content (AvgIpc) is 3.33. The lowest BCUT2D eigenvalue weighted by molar-refractivity contribution is 0.0952. The van der Waals surface area contributed by atoms with Crippen LogP contribution < -0.4 is 10.0 Å². The van der Waals surface area contributed by atoms with Gasteiger partial charge in [0.1, 0.15) is 0 Å². The molecule has 0 aliphatic heterocycles. The van der Waals surface area contributed by atoms with Gasteiger partial charge in [0.05, 0.1) is 28.2 Å². The number of sulfonamides is 1. The van der Waals surface area contributed by atoms with Gasteiger partial charge in [0.2, 0.25) is 0 Å². The number of benzene rings is 3. The summed E-state index contributed by atoms with van der Waals surface area (Å²) in [6.07, 6.45) is 5.21. The molecule has 8 heteroatoms. The van der Waals surface area contributed by atoms with Crippen LogP contribution in [0.5, 0.6) is 0 Å². The Bertz CT molecular complexity index is 1330. The highest BCUT2D eigenvalue weighted by atomic mass is 32.2. The number of nitrogens with one attached hydrogen (secondary N) is 2. The summed E-state index contributed by atoms with van der Waals surface area (Å²) >= 11 is 0. The normalized spacial score (nSPS) is 11.2. The highest BCUT2D eigenvalue weighted by molar-refractivity contribution is 7.92. The Morgan fingerprint density at radius 1 is 0.969 bits per heavy atom. The molecule has 0 fully saturated rings. The molecule has 0 aliphatic rings. The first-order valence-electron chi connectivity index (χ1n) is 9.97. The van der Waals surface area contributed by atoms with Crippen molar-refractivity contribution in [2.24, 2.45) is 0 Å². The highest BCUT2D eigenvalue weighted by Gasteiger charge is 2.18. The van der Waals surface area contributed by atoms with Crippen LogP contribution in [-0.4, -0.2) is 23.9 Å². The van der Waals surface area contributed by atoms with Gasteiger partial charge >= 0.3 is 0 Å². The molecule has 7 nitrogen and oxygen atoms in total. The predicted molar refractivity (Wildman–Crippen MR) is 123 cm³/mol. The number of carbonyl (C=O) groups excluding carboxylic acids is 1. The van der Waals surface area contributed by atoms with Gasteiger partial charge in [-0.15, -0.1) is 0 Å². The van der Waals surface area contributed by atoms with E-state index < -0.39 is 10.0 Å². The first kappa shape index (κ1) is 21.3. The molecule has 0 unspecified atom stereocenters. The van der Waals surface area contributed by atoms with E-state index in [-0.39, 0.29) is 28.6 Å². The van der Waals surface area contributed by atoms with Crippen molar-refractivity contribution in [1.29, 1.82) is 0 Å². The molecule has 0 radical (unpaired) electrons. The molecular formula is C24H22N4O3S. The molecule has 0 atom stereocenters. The third-order valence-electron chi connectivity index (χ3n) is 4.96. The number of hydrogen-bond acceptors (Lipinski definition) is 4. The zero-order valence-electron chi connectivity index (χ0n) is 17.4. The fourth-order valence-electron chi connectivity index (χ4n) is 3.28. The van der Waals surface area contributed by atoms with Crippen LogP contribution in [0.1, 0.15) is 21.5 Å². The van der Waals surface area contributed by atoms with Gasteiger partial charge in [-0.2, -0.15) is 0 Å². The number of rotatable bonds is 7. The molecule has 1 amide bonds. The van der Waals surface area contributed by atoms with E-state index in [0.717, 1.165) is 16.8 Å². The molecule has 2 N–H and O–H groups in total. The highest BCUT2D eigenvalue weighted by Crippen LogP contribution is 2.21. The van der Waals surface area contributed by atoms with Crippen LogP contribution in [-0.2, 0) is 16.6 Å². The lowest BCUT2D eigenvalue weighted by Crippen LogP contribution is -2.25. The van der Waals surface area contributed by atoms with Crippen molar-refractivity contribution in [3.63, 3.8) is 0 Å². The second-order valence-electron chi connectivity index (χ2n) is 7.25. The fraction of sp³-hybridized carbons (Fsp3) is 0.0833. The van der Waals surface area contributed by atoms with Gasteiger partial charge in [0.15, 0.2) is 0 Å². The first-order valence-corrected chi connectivity index (χ1v) is 11.5. The zero-order chi connectivity index (χ0) is 22.6. The van der Waals surface area contributed by atoms with E-state index >= 15 is 0 Å². The Morgan fingerprint density at radius 3 is 2.44 bits per heavy atom. The maximum absolute atomic E-state index is 12.9. The third kappa shape index (κ3) is 4.70. The molecule has 0 saturated carbocycles. The van der Waals surface area contributed by atoms with Gasteiger partial charge in [0, 0.05) is 18.9 Å². The number of amides is 1. The summed E-state index contributed by atoms with van der Waals surface area (Å²) in [6, 6.07) is 20.7. The molecule has 3 aromatic carbocycles. The minimum atomic E-state index is -3.83. The molecule has 0 aliphatic carbocycles. The summed E-state index contributed by atoms with van der Waals surface area (Å²) in [5.74, 6) is -0.382. The van der Waals surface area contributed by atoms with Crippen LogP contribution >= 0.6 is 0 Å². The summed E-state index contributed by atoms with van der Waals surface area (Å²) in [4.78, 5) is 17.1. The maximum Gasteiger partial charge on any atom is 0.261 e. The summed E-state index contributed by atoms with van der Waals surface area (Å²) < 4.78 is 30.0. The Kier molecular flexibility index (Phi) is 6.04. The minimum absolute atomic E-state index is 0.132. The topological polar surface area (TPSA) is 93.1 Å². The van der Waals surface area contributed by atoms with E-state index in [1.807, 2.05) is 42.0 Å². The molecule has 4 rings (SSSR count). The molecular weight excluding hydrogens is 424 g/mol.